The Labute approximate surface area is 67.0 Å². The summed E-state index contributed by atoms with van der Waals surface area (Å²) in [5, 5.41) is 0. The molecule has 0 nitrogen and oxygen atoms in total. The number of hydrogen-bond donors (Lipinski definition) is 0. The molecule has 0 aromatic rings. The van der Waals surface area contributed by atoms with Gasteiger partial charge in [-0.1, -0.05) is 54.4 Å². The van der Waals surface area contributed by atoms with Crippen LogP contribution >= 0.6 is 0 Å². The largest absolute Gasteiger partial charge is 0.0776 e. The molecule has 0 bridgehead atoms. The minimum atomic E-state index is 0. The van der Waals surface area contributed by atoms with E-state index < -0.39 is 0 Å². The van der Waals surface area contributed by atoms with Crippen LogP contribution in [0.2, 0.25) is 0 Å². The van der Waals surface area contributed by atoms with E-state index in [0.29, 0.717) is 0 Å². The van der Waals surface area contributed by atoms with Crippen LogP contribution in [0.15, 0.2) is 0 Å². The summed E-state index contributed by atoms with van der Waals surface area (Å²) in [5.74, 6) is 1.85. The maximum Gasteiger partial charge on any atom is -0.0394 e. The monoisotopic (exact) mass is 144 g/mol. The Morgan fingerprint density at radius 2 is 1.60 bits per heavy atom. The van der Waals surface area contributed by atoms with Crippen molar-refractivity contribution < 1.29 is 0 Å². The zero-order valence-corrected chi connectivity index (χ0v) is 7.28. The molecule has 0 aliphatic carbocycles. The average Bonchev–Trinajstić information content (AvgIpc) is 1.82. The molecule has 0 aromatic heterocycles. The van der Waals surface area contributed by atoms with Crippen molar-refractivity contribution in [1.29, 1.82) is 0 Å². The molecule has 0 amide bonds. The smallest absolute Gasteiger partial charge is 0.0394 e. The minimum Gasteiger partial charge on any atom is -0.0776 e. The molecule has 1 atom stereocenters. The second-order valence-electron chi connectivity index (χ2n) is 3.20. The van der Waals surface area contributed by atoms with Crippen LogP contribution in [0.4, 0.5) is 0 Å². The highest BCUT2D eigenvalue weighted by atomic mass is 14.1. The third-order valence-corrected chi connectivity index (χ3v) is 2.13. The molecule has 0 saturated heterocycles. The van der Waals surface area contributed by atoms with Gasteiger partial charge in [-0.2, -0.15) is 0 Å². The second kappa shape index (κ2) is 7.11. The lowest BCUT2D eigenvalue weighted by molar-refractivity contribution is 0.346. The van der Waals surface area contributed by atoms with Gasteiger partial charge in [0, 0.05) is 0 Å². The van der Waals surface area contributed by atoms with Crippen molar-refractivity contribution in [1.82, 2.24) is 0 Å². The molecule has 0 heterocycles. The fraction of sp³-hybridized carbons (Fsp3) is 1.00. The van der Waals surface area contributed by atoms with Crippen LogP contribution in [0.5, 0.6) is 0 Å². The van der Waals surface area contributed by atoms with Gasteiger partial charge >= 0.3 is 0 Å². The highest BCUT2D eigenvalue weighted by Gasteiger charge is 2.08. The quantitative estimate of drug-likeness (QED) is 0.557. The summed E-state index contributed by atoms with van der Waals surface area (Å²) in [6.45, 7) is 9.21. The third-order valence-electron chi connectivity index (χ3n) is 2.13. The highest BCUT2D eigenvalue weighted by molar-refractivity contribution is 4.59. The van der Waals surface area contributed by atoms with E-state index in [1.807, 2.05) is 0 Å². The maximum absolute atomic E-state index is 2.32. The second-order valence-corrected chi connectivity index (χ2v) is 3.20. The standard InChI is InChI=1S/C9H20.CH4/c1-5-7-9(6-2)8(3)4;/h8-9H,5-7H2,1-4H3;1H4. The van der Waals surface area contributed by atoms with Crippen molar-refractivity contribution in [3.05, 3.63) is 0 Å². The Morgan fingerprint density at radius 1 is 1.10 bits per heavy atom. The highest BCUT2D eigenvalue weighted by Crippen LogP contribution is 2.19. The lowest BCUT2D eigenvalue weighted by Gasteiger charge is -2.17. The fourth-order valence-electron chi connectivity index (χ4n) is 1.38. The van der Waals surface area contributed by atoms with Crippen molar-refractivity contribution in [2.24, 2.45) is 11.8 Å². The Balaban J connectivity index is 0. The summed E-state index contributed by atoms with van der Waals surface area (Å²) in [4.78, 5) is 0. The van der Waals surface area contributed by atoms with Crippen LogP contribution < -0.4 is 0 Å². The maximum atomic E-state index is 2.32. The molecule has 0 aromatic carbocycles. The molecule has 0 fully saturated rings. The average molecular weight is 144 g/mol. The summed E-state index contributed by atoms with van der Waals surface area (Å²) in [7, 11) is 0. The first-order chi connectivity index (χ1) is 4.22. The first-order valence-electron chi connectivity index (χ1n) is 4.22. The predicted octanol–water partition coefficient (Wildman–Crippen LogP) is 4.10. The summed E-state index contributed by atoms with van der Waals surface area (Å²) >= 11 is 0. The van der Waals surface area contributed by atoms with Crippen molar-refractivity contribution in [3.8, 4) is 0 Å². The van der Waals surface area contributed by atoms with Gasteiger partial charge in [-0.15, -0.1) is 0 Å². The molecule has 0 aliphatic rings. The lowest BCUT2D eigenvalue weighted by Crippen LogP contribution is -2.06. The van der Waals surface area contributed by atoms with Gasteiger partial charge in [0.1, 0.15) is 0 Å². The Morgan fingerprint density at radius 3 is 1.70 bits per heavy atom. The van der Waals surface area contributed by atoms with Crippen molar-refractivity contribution in [2.75, 3.05) is 0 Å². The topological polar surface area (TPSA) is 0 Å². The molecule has 1 unspecified atom stereocenters. The zero-order chi connectivity index (χ0) is 7.28. The third kappa shape index (κ3) is 4.84. The summed E-state index contributed by atoms with van der Waals surface area (Å²) in [5.41, 5.74) is 0. The zero-order valence-electron chi connectivity index (χ0n) is 7.28. The molecular weight excluding hydrogens is 120 g/mol. The van der Waals surface area contributed by atoms with Gasteiger partial charge in [0.2, 0.25) is 0 Å². The van der Waals surface area contributed by atoms with E-state index >= 15 is 0 Å². The van der Waals surface area contributed by atoms with E-state index in [-0.39, 0.29) is 7.43 Å². The van der Waals surface area contributed by atoms with Gasteiger partial charge < -0.3 is 0 Å². The van der Waals surface area contributed by atoms with Gasteiger partial charge in [-0.25, -0.2) is 0 Å². The van der Waals surface area contributed by atoms with E-state index in [2.05, 4.69) is 27.7 Å². The molecule has 0 rings (SSSR count). The van der Waals surface area contributed by atoms with Gasteiger partial charge in [-0.05, 0) is 11.8 Å². The van der Waals surface area contributed by atoms with Gasteiger partial charge in [0.15, 0.2) is 0 Å². The fourth-order valence-corrected chi connectivity index (χ4v) is 1.38. The number of hydrogen-bond acceptors (Lipinski definition) is 0. The molecule has 0 radical (unpaired) electrons. The molecule has 0 saturated carbocycles. The Kier molecular flexibility index (Phi) is 9.00. The van der Waals surface area contributed by atoms with E-state index in [1.54, 1.807) is 0 Å². The SMILES string of the molecule is C.CCCC(CC)C(C)C. The molecule has 64 valence electrons. The predicted molar refractivity (Wildman–Crippen MR) is 50.3 cm³/mol. The lowest BCUT2D eigenvalue weighted by atomic mass is 9.89. The normalized spacial score (nSPS) is 12.9. The van der Waals surface area contributed by atoms with Crippen molar-refractivity contribution >= 4 is 0 Å². The van der Waals surface area contributed by atoms with Crippen molar-refractivity contribution in [2.45, 2.75) is 54.4 Å². The number of rotatable bonds is 4. The van der Waals surface area contributed by atoms with Crippen LogP contribution in [0, 0.1) is 11.8 Å². The first-order valence-corrected chi connectivity index (χ1v) is 4.22. The molecule has 10 heavy (non-hydrogen) atoms. The van der Waals surface area contributed by atoms with Crippen LogP contribution in [-0.2, 0) is 0 Å². The molecule has 0 N–H and O–H groups in total. The first kappa shape index (κ1) is 12.7. The summed E-state index contributed by atoms with van der Waals surface area (Å²) in [6, 6.07) is 0. The molecule has 0 spiro atoms. The summed E-state index contributed by atoms with van der Waals surface area (Å²) < 4.78 is 0. The Bertz CT molecular complexity index is 55.1. The van der Waals surface area contributed by atoms with Crippen LogP contribution in [0.3, 0.4) is 0 Å². The van der Waals surface area contributed by atoms with Gasteiger partial charge in [0.25, 0.3) is 0 Å². The minimum absolute atomic E-state index is 0. The van der Waals surface area contributed by atoms with Gasteiger partial charge in [0.05, 0.1) is 0 Å². The van der Waals surface area contributed by atoms with Crippen molar-refractivity contribution in [3.63, 3.8) is 0 Å². The molecular formula is C10H24. The van der Waals surface area contributed by atoms with E-state index in [1.165, 1.54) is 19.3 Å². The van der Waals surface area contributed by atoms with E-state index in [0.717, 1.165) is 11.8 Å². The van der Waals surface area contributed by atoms with Crippen LogP contribution in [0.25, 0.3) is 0 Å². The van der Waals surface area contributed by atoms with Crippen LogP contribution in [-0.4, -0.2) is 0 Å². The summed E-state index contributed by atoms with van der Waals surface area (Å²) in [6.07, 6.45) is 4.11. The Hall–Kier alpha value is 0. The van der Waals surface area contributed by atoms with E-state index in [9.17, 15) is 0 Å². The van der Waals surface area contributed by atoms with Crippen LogP contribution in [0.1, 0.15) is 54.4 Å². The van der Waals surface area contributed by atoms with E-state index in [4.69, 9.17) is 0 Å². The molecule has 0 heteroatoms. The van der Waals surface area contributed by atoms with Gasteiger partial charge in [-0.3, -0.25) is 0 Å². The molecule has 0 aliphatic heterocycles.